The van der Waals surface area contributed by atoms with Gasteiger partial charge in [-0.25, -0.2) is 10.2 Å². The highest BCUT2D eigenvalue weighted by atomic mass is 16.5. The summed E-state index contributed by atoms with van der Waals surface area (Å²) in [7, 11) is 1.34. The summed E-state index contributed by atoms with van der Waals surface area (Å²) in [6, 6.07) is 6.77. The van der Waals surface area contributed by atoms with E-state index >= 15 is 0 Å². The van der Waals surface area contributed by atoms with Crippen LogP contribution in [0.25, 0.3) is 0 Å². The lowest BCUT2D eigenvalue weighted by Gasteiger charge is -2.00. The molecule has 5 nitrogen and oxygen atoms in total. The van der Waals surface area contributed by atoms with Crippen molar-refractivity contribution in [1.29, 1.82) is 0 Å². The van der Waals surface area contributed by atoms with E-state index < -0.39 is 0 Å². The van der Waals surface area contributed by atoms with E-state index in [9.17, 15) is 9.59 Å². The van der Waals surface area contributed by atoms with Crippen molar-refractivity contribution in [2.75, 3.05) is 7.11 Å². The Hall–Kier alpha value is -2.17. The first-order valence-electron chi connectivity index (χ1n) is 6.67. The van der Waals surface area contributed by atoms with Crippen LogP contribution >= 0.6 is 0 Å². The molecule has 0 aliphatic heterocycles. The van der Waals surface area contributed by atoms with Crippen molar-refractivity contribution < 1.29 is 14.3 Å². The molecule has 1 aromatic carbocycles. The number of methoxy groups -OCH3 is 1. The standard InChI is InChI=1S/C15H20N2O3/c1-3-4-5-6-14(18)17-16-11-12-7-9-13(10-8-12)15(19)20-2/h7-11H,3-6H2,1-2H3,(H,17,18). The van der Waals surface area contributed by atoms with E-state index in [-0.39, 0.29) is 11.9 Å². The van der Waals surface area contributed by atoms with Gasteiger partial charge >= 0.3 is 5.97 Å². The summed E-state index contributed by atoms with van der Waals surface area (Å²) >= 11 is 0. The zero-order valence-electron chi connectivity index (χ0n) is 11.9. The molecule has 1 aromatic rings. The Morgan fingerprint density at radius 2 is 1.95 bits per heavy atom. The number of carbonyl (C=O) groups excluding carboxylic acids is 2. The van der Waals surface area contributed by atoms with Gasteiger partial charge in [-0.15, -0.1) is 0 Å². The molecule has 1 rings (SSSR count). The van der Waals surface area contributed by atoms with Gasteiger partial charge < -0.3 is 4.74 Å². The largest absolute Gasteiger partial charge is 0.465 e. The number of esters is 1. The van der Waals surface area contributed by atoms with Crippen LogP contribution in [-0.4, -0.2) is 25.2 Å². The van der Waals surface area contributed by atoms with Crippen LogP contribution in [0.3, 0.4) is 0 Å². The minimum atomic E-state index is -0.377. The number of ether oxygens (including phenoxy) is 1. The number of hydrazone groups is 1. The molecular weight excluding hydrogens is 256 g/mol. The molecule has 0 heterocycles. The number of nitrogens with one attached hydrogen (secondary N) is 1. The molecule has 0 radical (unpaired) electrons. The van der Waals surface area contributed by atoms with Gasteiger partial charge in [0.15, 0.2) is 0 Å². The van der Waals surface area contributed by atoms with Crippen molar-refractivity contribution in [1.82, 2.24) is 5.43 Å². The fourth-order valence-electron chi connectivity index (χ4n) is 1.59. The number of hydrogen-bond donors (Lipinski definition) is 1. The van der Waals surface area contributed by atoms with E-state index in [2.05, 4.69) is 22.2 Å². The third-order valence-corrected chi connectivity index (χ3v) is 2.74. The minimum absolute atomic E-state index is 0.0825. The maximum absolute atomic E-state index is 11.4. The lowest BCUT2D eigenvalue weighted by molar-refractivity contribution is -0.121. The average Bonchev–Trinajstić information content (AvgIpc) is 2.47. The van der Waals surface area contributed by atoms with Gasteiger partial charge in [0, 0.05) is 6.42 Å². The first-order chi connectivity index (χ1) is 9.67. The second kappa shape index (κ2) is 8.85. The Labute approximate surface area is 119 Å². The Morgan fingerprint density at radius 3 is 2.55 bits per heavy atom. The molecule has 20 heavy (non-hydrogen) atoms. The lowest BCUT2D eigenvalue weighted by atomic mass is 10.1. The average molecular weight is 276 g/mol. The monoisotopic (exact) mass is 276 g/mol. The summed E-state index contributed by atoms with van der Waals surface area (Å²) in [4.78, 5) is 22.6. The van der Waals surface area contributed by atoms with Crippen molar-refractivity contribution >= 4 is 18.1 Å². The zero-order chi connectivity index (χ0) is 14.8. The number of carbonyl (C=O) groups is 2. The van der Waals surface area contributed by atoms with Crippen LogP contribution < -0.4 is 5.43 Å². The highest BCUT2D eigenvalue weighted by Gasteiger charge is 2.03. The minimum Gasteiger partial charge on any atom is -0.465 e. The third kappa shape index (κ3) is 5.65. The summed E-state index contributed by atoms with van der Waals surface area (Å²) in [5.74, 6) is -0.460. The molecule has 0 unspecified atom stereocenters. The third-order valence-electron chi connectivity index (χ3n) is 2.74. The van der Waals surface area contributed by atoms with Crippen LogP contribution in [0.2, 0.25) is 0 Å². The van der Waals surface area contributed by atoms with Crippen LogP contribution in [0, 0.1) is 0 Å². The highest BCUT2D eigenvalue weighted by molar-refractivity contribution is 5.90. The molecule has 0 bridgehead atoms. The second-order valence-corrected chi connectivity index (χ2v) is 4.36. The molecule has 108 valence electrons. The Balaban J connectivity index is 2.42. The van der Waals surface area contributed by atoms with Gasteiger partial charge in [-0.1, -0.05) is 31.9 Å². The number of hydrogen-bond acceptors (Lipinski definition) is 4. The van der Waals surface area contributed by atoms with Crippen molar-refractivity contribution in [3.05, 3.63) is 35.4 Å². The van der Waals surface area contributed by atoms with E-state index in [0.717, 1.165) is 24.8 Å². The van der Waals surface area contributed by atoms with Gasteiger partial charge in [-0.05, 0) is 24.1 Å². The fourth-order valence-corrected chi connectivity index (χ4v) is 1.59. The maximum Gasteiger partial charge on any atom is 0.337 e. The van der Waals surface area contributed by atoms with E-state index in [4.69, 9.17) is 0 Å². The zero-order valence-corrected chi connectivity index (χ0v) is 11.9. The van der Waals surface area contributed by atoms with E-state index in [1.807, 2.05) is 0 Å². The quantitative estimate of drug-likeness (QED) is 0.360. The summed E-state index contributed by atoms with van der Waals surface area (Å²) in [6.07, 6.45) is 5.05. The molecule has 0 fully saturated rings. The summed E-state index contributed by atoms with van der Waals surface area (Å²) < 4.78 is 4.61. The van der Waals surface area contributed by atoms with Crippen LogP contribution in [0.1, 0.15) is 48.5 Å². The van der Waals surface area contributed by atoms with Crippen LogP contribution in [-0.2, 0) is 9.53 Å². The number of rotatable bonds is 7. The molecule has 0 atom stereocenters. The second-order valence-electron chi connectivity index (χ2n) is 4.36. The molecule has 0 saturated carbocycles. The number of amides is 1. The van der Waals surface area contributed by atoms with Crippen LogP contribution in [0.5, 0.6) is 0 Å². The number of nitrogens with zero attached hydrogens (tertiary/aromatic N) is 1. The molecular formula is C15H20N2O3. The van der Waals surface area contributed by atoms with Crippen molar-refractivity contribution in [2.45, 2.75) is 32.6 Å². The molecule has 0 aliphatic rings. The first-order valence-corrected chi connectivity index (χ1v) is 6.67. The van der Waals surface area contributed by atoms with Crippen molar-refractivity contribution in [2.24, 2.45) is 5.10 Å². The van der Waals surface area contributed by atoms with Gasteiger partial charge in [-0.2, -0.15) is 5.10 Å². The summed E-state index contributed by atoms with van der Waals surface area (Å²) in [5, 5.41) is 3.87. The Kier molecular flexibility index (Phi) is 7.03. The normalized spacial score (nSPS) is 10.5. The van der Waals surface area contributed by atoms with Crippen LogP contribution in [0.4, 0.5) is 0 Å². The van der Waals surface area contributed by atoms with E-state index in [0.29, 0.717) is 12.0 Å². The number of unbranched alkanes of at least 4 members (excludes halogenated alkanes) is 2. The summed E-state index contributed by atoms with van der Waals surface area (Å²) in [6.45, 7) is 2.09. The smallest absolute Gasteiger partial charge is 0.337 e. The van der Waals surface area contributed by atoms with Gasteiger partial charge in [0.1, 0.15) is 0 Å². The molecule has 0 aliphatic carbocycles. The summed E-state index contributed by atoms with van der Waals surface area (Å²) in [5.41, 5.74) is 3.76. The predicted octanol–water partition coefficient (Wildman–Crippen LogP) is 2.50. The lowest BCUT2D eigenvalue weighted by Crippen LogP contribution is -2.16. The fraction of sp³-hybridized carbons (Fsp3) is 0.400. The van der Waals surface area contributed by atoms with Gasteiger partial charge in [0.2, 0.25) is 5.91 Å². The van der Waals surface area contributed by atoms with Gasteiger partial charge in [0.25, 0.3) is 0 Å². The predicted molar refractivity (Wildman–Crippen MR) is 77.7 cm³/mol. The number of benzene rings is 1. The van der Waals surface area contributed by atoms with E-state index in [1.54, 1.807) is 30.5 Å². The van der Waals surface area contributed by atoms with Crippen molar-refractivity contribution in [3.8, 4) is 0 Å². The molecule has 0 saturated heterocycles. The maximum atomic E-state index is 11.4. The van der Waals surface area contributed by atoms with E-state index in [1.165, 1.54) is 7.11 Å². The first kappa shape index (κ1) is 15.9. The van der Waals surface area contributed by atoms with Crippen molar-refractivity contribution in [3.63, 3.8) is 0 Å². The topological polar surface area (TPSA) is 67.8 Å². The molecule has 5 heteroatoms. The highest BCUT2D eigenvalue weighted by Crippen LogP contribution is 2.04. The molecule has 0 aromatic heterocycles. The van der Waals surface area contributed by atoms with Gasteiger partial charge in [-0.3, -0.25) is 4.79 Å². The molecule has 0 spiro atoms. The van der Waals surface area contributed by atoms with Gasteiger partial charge in [0.05, 0.1) is 18.9 Å². The molecule has 1 N–H and O–H groups in total. The Morgan fingerprint density at radius 1 is 1.25 bits per heavy atom. The SMILES string of the molecule is CCCCCC(=O)NN=Cc1ccc(C(=O)OC)cc1. The van der Waals surface area contributed by atoms with Crippen LogP contribution in [0.15, 0.2) is 29.4 Å². The molecule has 1 amide bonds. The Bertz CT molecular complexity index is 467.